The van der Waals surface area contributed by atoms with E-state index in [1.807, 2.05) is 12.1 Å². The van der Waals surface area contributed by atoms with E-state index < -0.39 is 16.1 Å². The van der Waals surface area contributed by atoms with Crippen molar-refractivity contribution in [3.8, 4) is 17.2 Å². The average molecular weight is 386 g/mol. The summed E-state index contributed by atoms with van der Waals surface area (Å²) in [5, 5.41) is 0.305. The summed E-state index contributed by atoms with van der Waals surface area (Å²) < 4.78 is 43.6. The maximum absolute atomic E-state index is 12.6. The van der Waals surface area contributed by atoms with E-state index in [1.165, 1.54) is 19.2 Å². The van der Waals surface area contributed by atoms with Crippen LogP contribution in [0, 0.1) is 0 Å². The molecule has 8 heteroatoms. The van der Waals surface area contributed by atoms with Crippen molar-refractivity contribution in [2.45, 2.75) is 17.9 Å². The second-order valence-electron chi connectivity index (χ2n) is 5.28. The number of halogens is 1. The third kappa shape index (κ3) is 5.01. The summed E-state index contributed by atoms with van der Waals surface area (Å²) in [4.78, 5) is -0.0216. The SMILES string of the molecule is COc1ccccc1OCC(C)NS(=O)(=O)c1cc(Cl)ccc1OC. The molecule has 0 bridgehead atoms. The summed E-state index contributed by atoms with van der Waals surface area (Å²) in [7, 11) is -0.875. The summed E-state index contributed by atoms with van der Waals surface area (Å²) in [6, 6.07) is 11.1. The Balaban J connectivity index is 2.09. The Hall–Kier alpha value is -1.96. The highest BCUT2D eigenvalue weighted by atomic mass is 35.5. The molecule has 0 aromatic heterocycles. The third-order valence-corrected chi connectivity index (χ3v) is 5.18. The standard InChI is InChI=1S/C17H20ClNO5S/c1-12(11-24-15-7-5-4-6-14(15)22-2)19-25(20,21)17-10-13(18)8-9-16(17)23-3/h4-10,12,19H,11H2,1-3H3. The van der Waals surface area contributed by atoms with Crippen molar-refractivity contribution in [1.82, 2.24) is 4.72 Å². The molecule has 2 aromatic rings. The maximum Gasteiger partial charge on any atom is 0.244 e. The number of ether oxygens (including phenoxy) is 3. The van der Waals surface area contributed by atoms with Crippen LogP contribution in [0.5, 0.6) is 17.2 Å². The van der Waals surface area contributed by atoms with Crippen LogP contribution in [-0.2, 0) is 10.0 Å². The first kappa shape index (κ1) is 19.4. The van der Waals surface area contributed by atoms with E-state index in [4.69, 9.17) is 25.8 Å². The van der Waals surface area contributed by atoms with Gasteiger partial charge in [-0.1, -0.05) is 23.7 Å². The minimum Gasteiger partial charge on any atom is -0.495 e. The summed E-state index contributed by atoms with van der Waals surface area (Å²) in [6.45, 7) is 1.83. The molecule has 0 amide bonds. The van der Waals surface area contributed by atoms with Crippen LogP contribution in [0.3, 0.4) is 0 Å². The van der Waals surface area contributed by atoms with Crippen molar-refractivity contribution in [3.63, 3.8) is 0 Å². The Morgan fingerprint density at radius 3 is 2.32 bits per heavy atom. The van der Waals surface area contributed by atoms with E-state index in [1.54, 1.807) is 32.2 Å². The molecule has 0 spiro atoms. The van der Waals surface area contributed by atoms with Crippen molar-refractivity contribution < 1.29 is 22.6 Å². The van der Waals surface area contributed by atoms with Crippen molar-refractivity contribution in [2.75, 3.05) is 20.8 Å². The molecule has 0 radical (unpaired) electrons. The molecule has 6 nitrogen and oxygen atoms in total. The molecule has 1 unspecified atom stereocenters. The van der Waals surface area contributed by atoms with Gasteiger partial charge in [-0.15, -0.1) is 0 Å². The number of nitrogens with one attached hydrogen (secondary N) is 1. The number of para-hydroxylation sites is 2. The Bertz CT molecular complexity index is 826. The van der Waals surface area contributed by atoms with Crippen molar-refractivity contribution in [3.05, 3.63) is 47.5 Å². The van der Waals surface area contributed by atoms with E-state index in [0.717, 1.165) is 0 Å². The molecule has 2 rings (SSSR count). The van der Waals surface area contributed by atoms with Gasteiger partial charge in [-0.3, -0.25) is 0 Å². The molecule has 0 fully saturated rings. The van der Waals surface area contributed by atoms with E-state index in [9.17, 15) is 8.42 Å². The smallest absolute Gasteiger partial charge is 0.244 e. The summed E-state index contributed by atoms with van der Waals surface area (Å²) in [5.74, 6) is 1.33. The lowest BCUT2D eigenvalue weighted by Crippen LogP contribution is -2.37. The number of hydrogen-bond donors (Lipinski definition) is 1. The summed E-state index contributed by atoms with van der Waals surface area (Å²) in [5.41, 5.74) is 0. The molecule has 0 saturated heterocycles. The topological polar surface area (TPSA) is 73.9 Å². The van der Waals surface area contributed by atoms with Crippen LogP contribution in [-0.4, -0.2) is 35.3 Å². The zero-order chi connectivity index (χ0) is 18.4. The number of sulfonamides is 1. The summed E-state index contributed by atoms with van der Waals surface area (Å²) >= 11 is 5.90. The summed E-state index contributed by atoms with van der Waals surface area (Å²) in [6.07, 6.45) is 0. The second-order valence-corrected chi connectivity index (χ2v) is 7.40. The number of hydrogen-bond acceptors (Lipinski definition) is 5. The number of benzene rings is 2. The molecule has 0 aliphatic rings. The fourth-order valence-corrected chi connectivity index (χ4v) is 3.84. The Labute approximate surface area is 152 Å². The molecule has 136 valence electrons. The van der Waals surface area contributed by atoms with Crippen LogP contribution in [0.1, 0.15) is 6.92 Å². The molecule has 1 N–H and O–H groups in total. The van der Waals surface area contributed by atoms with Crippen LogP contribution in [0.25, 0.3) is 0 Å². The van der Waals surface area contributed by atoms with Gasteiger partial charge in [0.15, 0.2) is 11.5 Å². The molecule has 1 atom stereocenters. The molecular formula is C17H20ClNO5S. The molecule has 25 heavy (non-hydrogen) atoms. The Kier molecular flexibility index (Phi) is 6.52. The second kappa shape index (κ2) is 8.42. The van der Waals surface area contributed by atoms with Gasteiger partial charge >= 0.3 is 0 Å². The predicted molar refractivity (Wildman–Crippen MR) is 96.3 cm³/mol. The van der Waals surface area contributed by atoms with Crippen LogP contribution in [0.4, 0.5) is 0 Å². The Morgan fingerprint density at radius 1 is 1.04 bits per heavy atom. The normalized spacial score (nSPS) is 12.5. The zero-order valence-electron chi connectivity index (χ0n) is 14.2. The van der Waals surface area contributed by atoms with Crippen LogP contribution in [0.15, 0.2) is 47.4 Å². The fraction of sp³-hybridized carbons (Fsp3) is 0.294. The highest BCUT2D eigenvalue weighted by Crippen LogP contribution is 2.28. The lowest BCUT2D eigenvalue weighted by molar-refractivity contribution is 0.271. The van der Waals surface area contributed by atoms with Gasteiger partial charge in [0.05, 0.1) is 20.3 Å². The van der Waals surface area contributed by atoms with Gasteiger partial charge in [0.2, 0.25) is 10.0 Å². The quantitative estimate of drug-likeness (QED) is 0.755. The van der Waals surface area contributed by atoms with Crippen molar-refractivity contribution in [1.29, 1.82) is 0 Å². The van der Waals surface area contributed by atoms with Crippen LogP contribution < -0.4 is 18.9 Å². The molecule has 0 aliphatic carbocycles. The number of methoxy groups -OCH3 is 2. The van der Waals surface area contributed by atoms with E-state index in [2.05, 4.69) is 4.72 Å². The minimum absolute atomic E-state index is 0.0216. The van der Waals surface area contributed by atoms with E-state index >= 15 is 0 Å². The molecular weight excluding hydrogens is 366 g/mol. The van der Waals surface area contributed by atoms with Gasteiger partial charge in [0.1, 0.15) is 17.3 Å². The fourth-order valence-electron chi connectivity index (χ4n) is 2.18. The maximum atomic E-state index is 12.6. The monoisotopic (exact) mass is 385 g/mol. The van der Waals surface area contributed by atoms with Crippen molar-refractivity contribution in [2.24, 2.45) is 0 Å². The minimum atomic E-state index is -3.82. The molecule has 2 aromatic carbocycles. The van der Waals surface area contributed by atoms with Gasteiger partial charge in [-0.25, -0.2) is 13.1 Å². The Morgan fingerprint density at radius 2 is 1.68 bits per heavy atom. The van der Waals surface area contributed by atoms with E-state index in [-0.39, 0.29) is 17.3 Å². The first-order valence-electron chi connectivity index (χ1n) is 7.49. The van der Waals surface area contributed by atoms with Crippen LogP contribution in [0.2, 0.25) is 5.02 Å². The molecule has 0 heterocycles. The van der Waals surface area contributed by atoms with Gasteiger partial charge in [0.25, 0.3) is 0 Å². The van der Waals surface area contributed by atoms with Gasteiger partial charge in [0, 0.05) is 5.02 Å². The van der Waals surface area contributed by atoms with Crippen LogP contribution >= 0.6 is 11.6 Å². The first-order chi connectivity index (χ1) is 11.9. The third-order valence-electron chi connectivity index (χ3n) is 3.33. The lowest BCUT2D eigenvalue weighted by Gasteiger charge is -2.17. The van der Waals surface area contributed by atoms with E-state index in [0.29, 0.717) is 16.5 Å². The number of rotatable bonds is 8. The predicted octanol–water partition coefficient (Wildman–Crippen LogP) is 3.10. The average Bonchev–Trinajstić information content (AvgIpc) is 2.59. The van der Waals surface area contributed by atoms with Crippen molar-refractivity contribution >= 4 is 21.6 Å². The molecule has 0 aliphatic heterocycles. The highest BCUT2D eigenvalue weighted by molar-refractivity contribution is 7.89. The van der Waals surface area contributed by atoms with Gasteiger partial charge in [-0.05, 0) is 37.3 Å². The zero-order valence-corrected chi connectivity index (χ0v) is 15.7. The molecule has 0 saturated carbocycles. The largest absolute Gasteiger partial charge is 0.495 e. The van der Waals surface area contributed by atoms with Gasteiger partial charge in [-0.2, -0.15) is 0 Å². The van der Waals surface area contributed by atoms with Gasteiger partial charge < -0.3 is 14.2 Å². The highest BCUT2D eigenvalue weighted by Gasteiger charge is 2.22. The first-order valence-corrected chi connectivity index (χ1v) is 9.35. The lowest BCUT2D eigenvalue weighted by atomic mass is 10.3.